The van der Waals surface area contributed by atoms with Crippen molar-refractivity contribution in [1.82, 2.24) is 9.97 Å². The van der Waals surface area contributed by atoms with Gasteiger partial charge in [-0.2, -0.15) is 0 Å². The molecule has 0 aliphatic rings. The van der Waals surface area contributed by atoms with E-state index in [0.29, 0.717) is 10.3 Å². The van der Waals surface area contributed by atoms with Crippen LogP contribution in [0.3, 0.4) is 0 Å². The predicted molar refractivity (Wildman–Crippen MR) is 47.1 cm³/mol. The van der Waals surface area contributed by atoms with Gasteiger partial charge in [-0.05, 0) is 6.92 Å². The normalized spacial score (nSPS) is 9.75. The Hall–Kier alpha value is -1.43. The maximum atomic E-state index is 10.7. The van der Waals surface area contributed by atoms with E-state index in [1.165, 1.54) is 0 Å². The van der Waals surface area contributed by atoms with Crippen molar-refractivity contribution in [3.05, 3.63) is 16.0 Å². The van der Waals surface area contributed by atoms with Gasteiger partial charge in [0.1, 0.15) is 10.5 Å². The Morgan fingerprint density at radius 1 is 1.67 bits per heavy atom. The summed E-state index contributed by atoms with van der Waals surface area (Å²) in [5.74, 6) is -0.556. The van der Waals surface area contributed by atoms with E-state index in [4.69, 9.17) is 23.7 Å². The van der Waals surface area contributed by atoms with Crippen molar-refractivity contribution < 1.29 is 4.79 Å². The van der Waals surface area contributed by atoms with E-state index in [1.54, 1.807) is 6.92 Å². The number of rotatable bonds is 1. The van der Waals surface area contributed by atoms with Crippen LogP contribution < -0.4 is 11.5 Å². The van der Waals surface area contributed by atoms with Crippen molar-refractivity contribution in [2.24, 2.45) is 5.73 Å². The third-order valence-corrected chi connectivity index (χ3v) is 1.74. The van der Waals surface area contributed by atoms with Crippen LogP contribution >= 0.6 is 12.2 Å². The first kappa shape index (κ1) is 8.66. The summed E-state index contributed by atoms with van der Waals surface area (Å²) >= 11 is 4.84. The van der Waals surface area contributed by atoms with Crippen LogP contribution in [0.5, 0.6) is 0 Å². The van der Waals surface area contributed by atoms with Crippen LogP contribution in [0.15, 0.2) is 0 Å². The van der Waals surface area contributed by atoms with Crippen molar-refractivity contribution in [1.29, 1.82) is 0 Å². The molecule has 1 aromatic heterocycles. The van der Waals surface area contributed by atoms with E-state index >= 15 is 0 Å². The quantitative estimate of drug-likeness (QED) is 0.540. The van der Waals surface area contributed by atoms with Gasteiger partial charge in [0.05, 0.1) is 5.69 Å². The molecule has 12 heavy (non-hydrogen) atoms. The molecule has 1 heterocycles. The number of aromatic nitrogens is 2. The summed E-state index contributed by atoms with van der Waals surface area (Å²) in [5.41, 5.74) is 11.0. The molecule has 0 aliphatic heterocycles. The Labute approximate surface area is 73.8 Å². The Balaban J connectivity index is 3.43. The van der Waals surface area contributed by atoms with Gasteiger partial charge in [0, 0.05) is 0 Å². The highest BCUT2D eigenvalue weighted by molar-refractivity contribution is 7.71. The second-order valence-corrected chi connectivity index (χ2v) is 2.69. The summed E-state index contributed by atoms with van der Waals surface area (Å²) < 4.78 is 0.414. The topological polar surface area (TPSA) is 97.8 Å². The van der Waals surface area contributed by atoms with Gasteiger partial charge in [0.2, 0.25) is 0 Å². The fraction of sp³-hybridized carbons (Fsp3) is 0.167. The molecule has 0 bridgehead atoms. The number of primary amides is 1. The molecule has 0 radical (unpaired) electrons. The van der Waals surface area contributed by atoms with Gasteiger partial charge in [-0.25, -0.2) is 4.98 Å². The van der Waals surface area contributed by atoms with Crippen LogP contribution in [0, 0.1) is 11.6 Å². The molecule has 0 spiro atoms. The van der Waals surface area contributed by atoms with Gasteiger partial charge in [-0.15, -0.1) is 0 Å². The summed E-state index contributed by atoms with van der Waals surface area (Å²) in [4.78, 5) is 17.2. The number of nitrogen functional groups attached to an aromatic ring is 1. The zero-order valence-corrected chi connectivity index (χ0v) is 7.23. The molecule has 0 saturated carbocycles. The number of H-pyrrole nitrogens is 1. The Bertz CT molecular complexity index is 384. The maximum Gasteiger partial charge on any atom is 0.271 e. The lowest BCUT2D eigenvalue weighted by Crippen LogP contribution is -2.17. The molecule has 0 atom stereocenters. The summed E-state index contributed by atoms with van der Waals surface area (Å²) in [6.07, 6.45) is 0. The number of hydrogen-bond donors (Lipinski definition) is 3. The Kier molecular flexibility index (Phi) is 2.09. The highest BCUT2D eigenvalue weighted by Gasteiger charge is 2.08. The van der Waals surface area contributed by atoms with E-state index in [1.807, 2.05) is 0 Å². The minimum atomic E-state index is -0.665. The molecule has 0 aromatic carbocycles. The van der Waals surface area contributed by atoms with E-state index in [0.717, 1.165) is 0 Å². The number of anilines is 1. The van der Waals surface area contributed by atoms with Gasteiger partial charge < -0.3 is 16.5 Å². The smallest absolute Gasteiger partial charge is 0.271 e. The number of hydrogen-bond acceptors (Lipinski definition) is 4. The lowest BCUT2D eigenvalue weighted by Gasteiger charge is -2.01. The maximum absolute atomic E-state index is 10.7. The molecule has 0 aliphatic carbocycles. The van der Waals surface area contributed by atoms with Crippen LogP contribution in [0.4, 0.5) is 5.82 Å². The first-order chi connectivity index (χ1) is 5.52. The average Bonchev–Trinajstić information content (AvgIpc) is 1.96. The van der Waals surface area contributed by atoms with Crippen LogP contribution in [-0.4, -0.2) is 15.9 Å². The predicted octanol–water partition coefficient (Wildman–Crippen LogP) is 0.129. The average molecular weight is 184 g/mol. The number of nitrogens with two attached hydrogens (primary N) is 2. The first-order valence-corrected chi connectivity index (χ1v) is 3.59. The number of nitrogens with zero attached hydrogens (tertiary/aromatic N) is 1. The number of carbonyl (C=O) groups is 1. The van der Waals surface area contributed by atoms with Crippen molar-refractivity contribution in [2.75, 3.05) is 5.73 Å². The first-order valence-electron chi connectivity index (χ1n) is 3.18. The fourth-order valence-corrected chi connectivity index (χ4v) is 0.894. The lowest BCUT2D eigenvalue weighted by molar-refractivity contribution is 0.0996. The molecule has 0 fully saturated rings. The zero-order valence-electron chi connectivity index (χ0n) is 6.42. The standard InChI is InChI=1S/C6H8N4OS/c1-2-6(12)10-4(7)3(9-2)5(8)11/h1H3,(H2,8,11)(H3,7,10,12). The van der Waals surface area contributed by atoms with Crippen LogP contribution in [0.2, 0.25) is 0 Å². The third kappa shape index (κ3) is 1.42. The molecule has 1 rings (SSSR count). The van der Waals surface area contributed by atoms with Gasteiger partial charge in [-0.1, -0.05) is 12.2 Å². The Morgan fingerprint density at radius 3 is 2.75 bits per heavy atom. The molecule has 0 unspecified atom stereocenters. The molecular weight excluding hydrogens is 176 g/mol. The van der Waals surface area contributed by atoms with Gasteiger partial charge in [0.15, 0.2) is 5.69 Å². The summed E-state index contributed by atoms with van der Waals surface area (Å²) in [7, 11) is 0. The molecule has 1 amide bonds. The van der Waals surface area contributed by atoms with Crippen molar-refractivity contribution >= 4 is 23.9 Å². The largest absolute Gasteiger partial charge is 0.383 e. The highest BCUT2D eigenvalue weighted by atomic mass is 32.1. The van der Waals surface area contributed by atoms with Crippen molar-refractivity contribution in [3.63, 3.8) is 0 Å². The molecule has 5 nitrogen and oxygen atoms in total. The SMILES string of the molecule is Cc1nc(C(N)=O)c(N)[nH]c1=S. The second kappa shape index (κ2) is 2.90. The van der Waals surface area contributed by atoms with Crippen LogP contribution in [0.1, 0.15) is 16.2 Å². The fourth-order valence-electron chi connectivity index (χ4n) is 0.738. The number of aryl methyl sites for hydroxylation is 1. The lowest BCUT2D eigenvalue weighted by atomic mass is 10.3. The molecule has 0 saturated heterocycles. The number of nitrogens with one attached hydrogen (secondary N) is 1. The number of amides is 1. The second-order valence-electron chi connectivity index (χ2n) is 2.28. The zero-order chi connectivity index (χ0) is 9.30. The monoisotopic (exact) mass is 184 g/mol. The number of carbonyl (C=O) groups excluding carboxylic acids is 1. The van der Waals surface area contributed by atoms with Crippen LogP contribution in [0.25, 0.3) is 0 Å². The Morgan fingerprint density at radius 2 is 2.25 bits per heavy atom. The van der Waals surface area contributed by atoms with Crippen LogP contribution in [-0.2, 0) is 0 Å². The van der Waals surface area contributed by atoms with Gasteiger partial charge in [-0.3, -0.25) is 4.79 Å². The summed E-state index contributed by atoms with van der Waals surface area (Å²) in [5, 5.41) is 0. The third-order valence-electron chi connectivity index (χ3n) is 1.34. The molecular formula is C6H8N4OS. The summed E-state index contributed by atoms with van der Waals surface area (Å²) in [6, 6.07) is 0. The molecule has 6 heteroatoms. The van der Waals surface area contributed by atoms with Crippen molar-refractivity contribution in [3.8, 4) is 0 Å². The molecule has 5 N–H and O–H groups in total. The van der Waals surface area contributed by atoms with E-state index in [9.17, 15) is 4.79 Å². The van der Waals surface area contributed by atoms with E-state index in [2.05, 4.69) is 9.97 Å². The summed E-state index contributed by atoms with van der Waals surface area (Å²) in [6.45, 7) is 1.67. The highest BCUT2D eigenvalue weighted by Crippen LogP contribution is 2.05. The molecule has 64 valence electrons. The van der Waals surface area contributed by atoms with Crippen molar-refractivity contribution in [2.45, 2.75) is 6.92 Å². The number of aromatic amines is 1. The van der Waals surface area contributed by atoms with Gasteiger partial charge >= 0.3 is 0 Å². The molecule has 1 aromatic rings. The minimum Gasteiger partial charge on any atom is -0.383 e. The minimum absolute atomic E-state index is 0.0288. The van der Waals surface area contributed by atoms with E-state index < -0.39 is 5.91 Å². The van der Waals surface area contributed by atoms with E-state index in [-0.39, 0.29) is 11.5 Å². The van der Waals surface area contributed by atoms with Gasteiger partial charge in [0.25, 0.3) is 5.91 Å².